The third-order valence-corrected chi connectivity index (χ3v) is 4.56. The van der Waals surface area contributed by atoms with Crippen LogP contribution < -0.4 is 15.0 Å². The molecule has 2 aromatic carbocycles. The van der Waals surface area contributed by atoms with Crippen LogP contribution in [0.3, 0.4) is 0 Å². The summed E-state index contributed by atoms with van der Waals surface area (Å²) in [5.41, 5.74) is -1.07. The molecule has 0 saturated heterocycles. The second-order valence-electron chi connectivity index (χ2n) is 6.29. The second-order valence-corrected chi connectivity index (χ2v) is 6.73. The van der Waals surface area contributed by atoms with Crippen LogP contribution in [0.25, 0.3) is 0 Å². The Bertz CT molecular complexity index is 933. The third-order valence-electron chi connectivity index (χ3n) is 4.33. The summed E-state index contributed by atoms with van der Waals surface area (Å²) in [6, 6.07) is 8.15. The molecule has 0 fully saturated rings. The van der Waals surface area contributed by atoms with Gasteiger partial charge in [0.1, 0.15) is 11.8 Å². The van der Waals surface area contributed by atoms with E-state index < -0.39 is 35.7 Å². The van der Waals surface area contributed by atoms with E-state index in [4.69, 9.17) is 16.3 Å². The topological polar surface area (TPSA) is 58.6 Å². The normalized spacial score (nSPS) is 17.6. The van der Waals surface area contributed by atoms with Crippen molar-refractivity contribution in [1.29, 1.82) is 0 Å². The van der Waals surface area contributed by atoms with Crippen molar-refractivity contribution in [1.82, 2.24) is 0 Å². The van der Waals surface area contributed by atoms with Gasteiger partial charge >= 0.3 is 6.18 Å². The Kier molecular flexibility index (Phi) is 5.25. The maximum atomic E-state index is 13.2. The number of amides is 2. The molecule has 0 saturated carbocycles. The number of hydrogen-bond donors (Lipinski definition) is 1. The summed E-state index contributed by atoms with van der Waals surface area (Å²) >= 11 is 5.99. The molecular weight excluding hydrogens is 397 g/mol. The fourth-order valence-electron chi connectivity index (χ4n) is 2.93. The number of hydrogen-bond acceptors (Lipinski definition) is 3. The highest BCUT2D eigenvalue weighted by Gasteiger charge is 2.38. The zero-order valence-corrected chi connectivity index (χ0v) is 15.6. The Balaban J connectivity index is 1.92. The number of anilines is 2. The van der Waals surface area contributed by atoms with Crippen molar-refractivity contribution in [3.63, 3.8) is 0 Å². The molecule has 28 heavy (non-hydrogen) atoms. The lowest BCUT2D eigenvalue weighted by Crippen LogP contribution is -2.52. The van der Waals surface area contributed by atoms with Gasteiger partial charge in [-0.1, -0.05) is 23.7 Å². The van der Waals surface area contributed by atoms with Crippen molar-refractivity contribution in [2.45, 2.75) is 32.2 Å². The lowest BCUT2D eigenvalue weighted by Gasteiger charge is -2.36. The minimum atomic E-state index is -4.63. The summed E-state index contributed by atoms with van der Waals surface area (Å²) in [6.07, 6.45) is -5.48. The number of nitrogens with one attached hydrogen (secondary N) is 1. The van der Waals surface area contributed by atoms with Gasteiger partial charge in [0.05, 0.1) is 16.9 Å². The number of fused-ring (bicyclic) bond motifs is 1. The molecule has 3 rings (SSSR count). The van der Waals surface area contributed by atoms with Crippen molar-refractivity contribution in [3.05, 3.63) is 53.1 Å². The smallest absolute Gasteiger partial charge is 0.418 e. The maximum absolute atomic E-state index is 13.2. The van der Waals surface area contributed by atoms with Crippen LogP contribution >= 0.6 is 11.6 Å². The molecule has 1 heterocycles. The zero-order chi connectivity index (χ0) is 20.6. The van der Waals surface area contributed by atoms with Gasteiger partial charge in [0.25, 0.3) is 5.91 Å². The van der Waals surface area contributed by atoms with E-state index in [-0.39, 0.29) is 11.4 Å². The molecule has 9 heteroatoms. The number of carbonyl (C=O) groups is 2. The Morgan fingerprint density at radius 1 is 1.25 bits per heavy atom. The molecular formula is C19H16ClF3N2O3. The standard InChI is InChI=1S/C19H16ClF3N2O3/c1-10(17(26)24-14-6-4-3-5-13(14)19(21,22)23)25-15-9-12(20)7-8-16(15)28-11(2)18(25)27/h3-11H,1-2H3,(H,24,26). The molecule has 5 nitrogen and oxygen atoms in total. The van der Waals surface area contributed by atoms with Crippen molar-refractivity contribution >= 4 is 34.8 Å². The molecule has 1 N–H and O–H groups in total. The average molecular weight is 413 g/mol. The number of ether oxygens (including phenoxy) is 1. The van der Waals surface area contributed by atoms with E-state index in [0.29, 0.717) is 10.8 Å². The van der Waals surface area contributed by atoms with Crippen LogP contribution in [0.15, 0.2) is 42.5 Å². The molecule has 148 valence electrons. The Labute approximate surface area is 164 Å². The Morgan fingerprint density at radius 2 is 1.93 bits per heavy atom. The van der Waals surface area contributed by atoms with Crippen LogP contribution in [0, 0.1) is 0 Å². The summed E-state index contributed by atoms with van der Waals surface area (Å²) in [7, 11) is 0. The molecule has 2 amide bonds. The van der Waals surface area contributed by atoms with Gasteiger partial charge in [0.2, 0.25) is 5.91 Å². The largest absolute Gasteiger partial charge is 0.479 e. The van der Waals surface area contributed by atoms with Gasteiger partial charge in [-0.3, -0.25) is 14.5 Å². The summed E-state index contributed by atoms with van der Waals surface area (Å²) in [5.74, 6) is -0.918. The van der Waals surface area contributed by atoms with E-state index in [0.717, 1.165) is 12.1 Å². The number of rotatable bonds is 3. The highest BCUT2D eigenvalue weighted by atomic mass is 35.5. The van der Waals surface area contributed by atoms with Crippen molar-refractivity contribution < 1.29 is 27.5 Å². The van der Waals surface area contributed by atoms with Gasteiger partial charge in [-0.05, 0) is 44.2 Å². The first-order valence-electron chi connectivity index (χ1n) is 8.36. The van der Waals surface area contributed by atoms with Crippen LogP contribution in [0.1, 0.15) is 19.4 Å². The van der Waals surface area contributed by atoms with Gasteiger partial charge in [-0.25, -0.2) is 0 Å². The highest BCUT2D eigenvalue weighted by molar-refractivity contribution is 6.31. The number of carbonyl (C=O) groups excluding carboxylic acids is 2. The summed E-state index contributed by atoms with van der Waals surface area (Å²) in [6.45, 7) is 2.95. The quantitative estimate of drug-likeness (QED) is 0.807. The molecule has 1 aliphatic rings. The fraction of sp³-hybridized carbons (Fsp3) is 0.263. The number of para-hydroxylation sites is 1. The number of halogens is 4. The number of nitrogens with zero attached hydrogens (tertiary/aromatic N) is 1. The fourth-order valence-corrected chi connectivity index (χ4v) is 3.09. The minimum absolute atomic E-state index is 0.280. The molecule has 0 spiro atoms. The van der Waals surface area contributed by atoms with E-state index in [9.17, 15) is 22.8 Å². The highest BCUT2D eigenvalue weighted by Crippen LogP contribution is 2.38. The lowest BCUT2D eigenvalue weighted by atomic mass is 10.1. The van der Waals surface area contributed by atoms with E-state index in [1.54, 1.807) is 12.1 Å². The van der Waals surface area contributed by atoms with E-state index in [2.05, 4.69) is 5.32 Å². The molecule has 2 unspecified atom stereocenters. The van der Waals surface area contributed by atoms with Crippen molar-refractivity contribution in [2.75, 3.05) is 10.2 Å². The van der Waals surface area contributed by atoms with E-state index in [1.165, 1.54) is 36.9 Å². The van der Waals surface area contributed by atoms with Gasteiger partial charge in [-0.2, -0.15) is 13.2 Å². The first-order valence-corrected chi connectivity index (χ1v) is 8.73. The number of alkyl halides is 3. The van der Waals surface area contributed by atoms with Crippen molar-refractivity contribution in [3.8, 4) is 5.75 Å². The monoisotopic (exact) mass is 412 g/mol. The summed E-state index contributed by atoms with van der Waals surface area (Å²) in [5, 5.41) is 2.59. The Hall–Kier alpha value is -2.74. The molecule has 1 aliphatic heterocycles. The van der Waals surface area contributed by atoms with Crippen LogP contribution in [-0.2, 0) is 15.8 Å². The van der Waals surface area contributed by atoms with Crippen LogP contribution in [-0.4, -0.2) is 24.0 Å². The predicted octanol–water partition coefficient (Wildman–Crippen LogP) is 4.50. The van der Waals surface area contributed by atoms with Gasteiger partial charge in [0.15, 0.2) is 6.10 Å². The second kappa shape index (κ2) is 7.35. The zero-order valence-electron chi connectivity index (χ0n) is 14.9. The average Bonchev–Trinajstić information content (AvgIpc) is 2.62. The first kappa shape index (κ1) is 20.0. The van der Waals surface area contributed by atoms with E-state index >= 15 is 0 Å². The molecule has 0 radical (unpaired) electrons. The van der Waals surface area contributed by atoms with Crippen LogP contribution in [0.5, 0.6) is 5.75 Å². The molecule has 0 bridgehead atoms. The minimum Gasteiger partial charge on any atom is -0.479 e. The number of benzene rings is 2. The third kappa shape index (κ3) is 3.77. The van der Waals surface area contributed by atoms with Crippen LogP contribution in [0.4, 0.5) is 24.5 Å². The molecule has 0 aromatic heterocycles. The molecule has 0 aliphatic carbocycles. The maximum Gasteiger partial charge on any atom is 0.418 e. The van der Waals surface area contributed by atoms with E-state index in [1.807, 2.05) is 0 Å². The van der Waals surface area contributed by atoms with Crippen molar-refractivity contribution in [2.24, 2.45) is 0 Å². The van der Waals surface area contributed by atoms with Gasteiger partial charge in [0, 0.05) is 5.02 Å². The summed E-state index contributed by atoms with van der Waals surface area (Å²) in [4.78, 5) is 26.5. The lowest BCUT2D eigenvalue weighted by molar-refractivity contribution is -0.137. The SMILES string of the molecule is CC1Oc2ccc(Cl)cc2N(C(C)C(=O)Nc2ccccc2C(F)(F)F)C1=O. The Morgan fingerprint density at radius 3 is 2.61 bits per heavy atom. The predicted molar refractivity (Wildman–Crippen MR) is 98.6 cm³/mol. The van der Waals surface area contributed by atoms with Gasteiger partial charge in [-0.15, -0.1) is 0 Å². The molecule has 2 atom stereocenters. The first-order chi connectivity index (χ1) is 13.1. The molecule has 2 aromatic rings. The van der Waals surface area contributed by atoms with Gasteiger partial charge < -0.3 is 10.1 Å². The van der Waals surface area contributed by atoms with Crippen LogP contribution in [0.2, 0.25) is 5.02 Å². The summed E-state index contributed by atoms with van der Waals surface area (Å²) < 4.78 is 45.0.